The second-order valence-electron chi connectivity index (χ2n) is 4.87. The summed E-state index contributed by atoms with van der Waals surface area (Å²) in [6.45, 7) is 2.68. The van der Waals surface area contributed by atoms with E-state index in [9.17, 15) is 9.90 Å². The molecule has 4 nitrogen and oxygen atoms in total. The van der Waals surface area contributed by atoms with Gasteiger partial charge in [-0.05, 0) is 44.5 Å². The Morgan fingerprint density at radius 1 is 1.56 bits per heavy atom. The summed E-state index contributed by atoms with van der Waals surface area (Å²) in [4.78, 5) is 18.0. The average molecular weight is 248 g/mol. The highest BCUT2D eigenvalue weighted by molar-refractivity contribution is 5.95. The van der Waals surface area contributed by atoms with Crippen molar-refractivity contribution in [1.82, 2.24) is 9.88 Å². The number of likely N-dealkylation sites (tertiary alicyclic amines) is 1. The summed E-state index contributed by atoms with van der Waals surface area (Å²) in [5.74, 6) is 0.153. The van der Waals surface area contributed by atoms with Gasteiger partial charge in [0.05, 0.1) is 6.10 Å². The number of carbonyl (C=O) groups excluding carboxylic acids is 1. The average Bonchev–Trinajstić information content (AvgIpc) is 2.40. The topological polar surface area (TPSA) is 53.4 Å². The van der Waals surface area contributed by atoms with Crippen molar-refractivity contribution >= 4 is 5.78 Å². The second kappa shape index (κ2) is 6.61. The molecule has 2 rings (SSSR count). The Kier molecular flexibility index (Phi) is 4.84. The third kappa shape index (κ3) is 3.89. The number of rotatable bonds is 5. The summed E-state index contributed by atoms with van der Waals surface area (Å²) in [6.07, 6.45) is 6.47. The predicted molar refractivity (Wildman–Crippen MR) is 69.5 cm³/mol. The molecule has 0 amide bonds. The van der Waals surface area contributed by atoms with Crippen LogP contribution in [0.2, 0.25) is 0 Å². The van der Waals surface area contributed by atoms with Crippen LogP contribution in [-0.4, -0.2) is 46.5 Å². The molecule has 1 aliphatic heterocycles. The highest BCUT2D eigenvalue weighted by Gasteiger charge is 2.17. The molecule has 0 radical (unpaired) electrons. The van der Waals surface area contributed by atoms with Gasteiger partial charge in [-0.15, -0.1) is 0 Å². The van der Waals surface area contributed by atoms with Gasteiger partial charge in [0.25, 0.3) is 0 Å². The maximum absolute atomic E-state index is 11.8. The molecule has 1 aromatic rings. The van der Waals surface area contributed by atoms with Crippen LogP contribution < -0.4 is 0 Å². The van der Waals surface area contributed by atoms with Crippen LogP contribution >= 0.6 is 0 Å². The zero-order valence-corrected chi connectivity index (χ0v) is 10.6. The van der Waals surface area contributed by atoms with Crippen molar-refractivity contribution < 1.29 is 9.90 Å². The van der Waals surface area contributed by atoms with Crippen molar-refractivity contribution in [2.75, 3.05) is 19.6 Å². The minimum atomic E-state index is -0.187. The third-order valence-electron chi connectivity index (χ3n) is 3.34. The Labute approximate surface area is 108 Å². The Hall–Kier alpha value is -1.26. The molecule has 1 N–H and O–H groups in total. The fraction of sp³-hybridized carbons (Fsp3) is 0.571. The number of hydrogen-bond acceptors (Lipinski definition) is 4. The lowest BCUT2D eigenvalue weighted by Gasteiger charge is -2.29. The van der Waals surface area contributed by atoms with E-state index in [0.29, 0.717) is 12.0 Å². The largest absolute Gasteiger partial charge is 0.392 e. The maximum Gasteiger partial charge on any atom is 0.164 e. The van der Waals surface area contributed by atoms with E-state index in [1.807, 2.05) is 0 Å². The van der Waals surface area contributed by atoms with Gasteiger partial charge >= 0.3 is 0 Å². The van der Waals surface area contributed by atoms with E-state index in [2.05, 4.69) is 9.88 Å². The Balaban J connectivity index is 1.70. The van der Waals surface area contributed by atoms with E-state index in [4.69, 9.17) is 0 Å². The van der Waals surface area contributed by atoms with Gasteiger partial charge in [-0.25, -0.2) is 0 Å². The molecule has 2 heterocycles. The van der Waals surface area contributed by atoms with Crippen LogP contribution in [0.15, 0.2) is 24.5 Å². The number of pyridine rings is 1. The van der Waals surface area contributed by atoms with E-state index < -0.39 is 0 Å². The molecule has 0 spiro atoms. The number of aliphatic hydroxyl groups excluding tert-OH is 1. The first-order valence-electron chi connectivity index (χ1n) is 6.59. The molecule has 0 aromatic carbocycles. The summed E-state index contributed by atoms with van der Waals surface area (Å²) < 4.78 is 0. The third-order valence-corrected chi connectivity index (χ3v) is 3.34. The van der Waals surface area contributed by atoms with Crippen molar-refractivity contribution in [2.45, 2.75) is 31.8 Å². The van der Waals surface area contributed by atoms with Crippen molar-refractivity contribution in [2.24, 2.45) is 0 Å². The standard InChI is InChI=1S/C14H20N2O2/c17-13-5-2-8-16(11-13)9-3-6-14(18)12-4-1-7-15-10-12/h1,4,7,10,13,17H,2-3,5-6,8-9,11H2/t13-/m0/s1. The molecule has 1 fully saturated rings. The molecule has 0 aliphatic carbocycles. The summed E-state index contributed by atoms with van der Waals surface area (Å²) >= 11 is 0. The SMILES string of the molecule is O=C(CCCN1CCC[C@H](O)C1)c1cccnc1. The van der Waals surface area contributed by atoms with Crippen LogP contribution in [0.5, 0.6) is 0 Å². The van der Waals surface area contributed by atoms with Gasteiger partial charge < -0.3 is 10.0 Å². The van der Waals surface area contributed by atoms with Crippen LogP contribution in [0.4, 0.5) is 0 Å². The summed E-state index contributed by atoms with van der Waals surface area (Å²) in [5.41, 5.74) is 0.691. The zero-order valence-electron chi connectivity index (χ0n) is 10.6. The summed E-state index contributed by atoms with van der Waals surface area (Å²) in [7, 11) is 0. The number of nitrogens with zero attached hydrogens (tertiary/aromatic N) is 2. The molecule has 0 bridgehead atoms. The molecule has 1 aliphatic rings. The first-order valence-corrected chi connectivity index (χ1v) is 6.59. The molecule has 98 valence electrons. The number of β-amino-alcohol motifs (C(OH)–C–C–N with tert-alkyl or cyclic N) is 1. The molecule has 0 unspecified atom stereocenters. The normalized spacial score (nSPS) is 20.8. The predicted octanol–water partition coefficient (Wildman–Crippen LogP) is 1.50. The monoisotopic (exact) mass is 248 g/mol. The number of aromatic nitrogens is 1. The van der Waals surface area contributed by atoms with Crippen molar-refractivity contribution in [1.29, 1.82) is 0 Å². The van der Waals surface area contributed by atoms with Gasteiger partial charge in [-0.2, -0.15) is 0 Å². The molecular formula is C14H20N2O2. The minimum absolute atomic E-state index is 0.153. The van der Waals surface area contributed by atoms with Gasteiger partial charge in [-0.1, -0.05) is 0 Å². The van der Waals surface area contributed by atoms with Crippen molar-refractivity contribution in [3.05, 3.63) is 30.1 Å². The Morgan fingerprint density at radius 2 is 2.44 bits per heavy atom. The van der Waals surface area contributed by atoms with Crippen LogP contribution in [0, 0.1) is 0 Å². The highest BCUT2D eigenvalue weighted by atomic mass is 16.3. The van der Waals surface area contributed by atoms with Crippen LogP contribution in [0.3, 0.4) is 0 Å². The van der Waals surface area contributed by atoms with Crippen LogP contribution in [-0.2, 0) is 0 Å². The summed E-state index contributed by atoms with van der Waals surface area (Å²) in [6, 6.07) is 3.59. The molecule has 0 saturated carbocycles. The molecule has 18 heavy (non-hydrogen) atoms. The van der Waals surface area contributed by atoms with E-state index in [-0.39, 0.29) is 11.9 Å². The van der Waals surface area contributed by atoms with Crippen LogP contribution in [0.1, 0.15) is 36.0 Å². The minimum Gasteiger partial charge on any atom is -0.392 e. The lowest BCUT2D eigenvalue weighted by Crippen LogP contribution is -2.38. The number of ketones is 1. The fourth-order valence-corrected chi connectivity index (χ4v) is 2.37. The van der Waals surface area contributed by atoms with E-state index in [1.165, 1.54) is 0 Å². The molecule has 1 atom stereocenters. The lowest BCUT2D eigenvalue weighted by molar-refractivity contribution is 0.0692. The molecule has 1 aromatic heterocycles. The quantitative estimate of drug-likeness (QED) is 0.802. The summed E-state index contributed by atoms with van der Waals surface area (Å²) in [5, 5.41) is 9.55. The zero-order chi connectivity index (χ0) is 12.8. The maximum atomic E-state index is 11.8. The number of carbonyl (C=O) groups is 1. The first-order chi connectivity index (χ1) is 8.75. The number of aliphatic hydroxyl groups is 1. The van der Waals surface area contributed by atoms with Gasteiger partial charge in [0.2, 0.25) is 0 Å². The lowest BCUT2D eigenvalue weighted by atomic mass is 10.1. The molecular weight excluding hydrogens is 228 g/mol. The molecule has 4 heteroatoms. The second-order valence-corrected chi connectivity index (χ2v) is 4.87. The van der Waals surface area contributed by atoms with E-state index in [1.54, 1.807) is 24.5 Å². The van der Waals surface area contributed by atoms with E-state index in [0.717, 1.165) is 38.9 Å². The van der Waals surface area contributed by atoms with E-state index >= 15 is 0 Å². The van der Waals surface area contributed by atoms with Gasteiger partial charge in [-0.3, -0.25) is 9.78 Å². The van der Waals surface area contributed by atoms with Gasteiger partial charge in [0.15, 0.2) is 5.78 Å². The Morgan fingerprint density at radius 3 is 3.17 bits per heavy atom. The van der Waals surface area contributed by atoms with Crippen molar-refractivity contribution in [3.63, 3.8) is 0 Å². The van der Waals surface area contributed by atoms with Gasteiger partial charge in [0.1, 0.15) is 0 Å². The highest BCUT2D eigenvalue weighted by Crippen LogP contribution is 2.11. The fourth-order valence-electron chi connectivity index (χ4n) is 2.37. The number of piperidine rings is 1. The number of Topliss-reactive ketones (excluding diaryl/α,β-unsaturated/α-hetero) is 1. The first kappa shape index (κ1) is 13.2. The smallest absolute Gasteiger partial charge is 0.164 e. The molecule has 1 saturated heterocycles. The van der Waals surface area contributed by atoms with Crippen molar-refractivity contribution in [3.8, 4) is 0 Å². The Bertz CT molecular complexity index is 381. The van der Waals surface area contributed by atoms with Gasteiger partial charge in [0, 0.05) is 30.9 Å². The number of hydrogen-bond donors (Lipinski definition) is 1. The van der Waals surface area contributed by atoms with Crippen LogP contribution in [0.25, 0.3) is 0 Å².